The first-order valence-electron chi connectivity index (χ1n) is 5.24. The standard InChI is InChI=1S/C12H14F2O4/c1-4-18-11(15)12(13,14)9-7-8(16-2)5-6-10(9)17-3/h5-7H,4H2,1-3H3. The molecule has 6 heteroatoms. The molecule has 0 amide bonds. The van der Waals surface area contributed by atoms with Crippen LogP contribution in [0.5, 0.6) is 11.5 Å². The predicted octanol–water partition coefficient (Wildman–Crippen LogP) is 2.36. The second kappa shape index (κ2) is 5.66. The van der Waals surface area contributed by atoms with Crippen LogP contribution < -0.4 is 9.47 Å². The number of rotatable bonds is 5. The van der Waals surface area contributed by atoms with E-state index in [1.807, 2.05) is 0 Å². The Kier molecular flexibility index (Phi) is 4.47. The largest absolute Gasteiger partial charge is 0.497 e. The molecule has 18 heavy (non-hydrogen) atoms. The molecule has 0 saturated heterocycles. The molecule has 0 saturated carbocycles. The molecule has 0 aromatic heterocycles. The number of carbonyl (C=O) groups is 1. The number of benzene rings is 1. The van der Waals surface area contributed by atoms with E-state index in [0.29, 0.717) is 0 Å². The van der Waals surface area contributed by atoms with Crippen molar-refractivity contribution in [3.8, 4) is 11.5 Å². The summed E-state index contributed by atoms with van der Waals surface area (Å²) in [5.41, 5.74) is -0.581. The molecule has 0 radical (unpaired) electrons. The lowest BCUT2D eigenvalue weighted by Gasteiger charge is -2.18. The second-order valence-electron chi connectivity index (χ2n) is 3.36. The van der Waals surface area contributed by atoms with Gasteiger partial charge in [0.2, 0.25) is 0 Å². The van der Waals surface area contributed by atoms with Gasteiger partial charge in [-0.15, -0.1) is 0 Å². The maximum atomic E-state index is 13.9. The van der Waals surface area contributed by atoms with Gasteiger partial charge in [-0.05, 0) is 25.1 Å². The first-order chi connectivity index (χ1) is 8.47. The van der Waals surface area contributed by atoms with Crippen LogP contribution in [-0.4, -0.2) is 26.8 Å². The van der Waals surface area contributed by atoms with Crippen LogP contribution >= 0.6 is 0 Å². The van der Waals surface area contributed by atoms with Crippen LogP contribution in [0.2, 0.25) is 0 Å². The molecule has 0 aliphatic rings. The number of ether oxygens (including phenoxy) is 3. The molecular weight excluding hydrogens is 246 g/mol. The van der Waals surface area contributed by atoms with E-state index < -0.39 is 17.5 Å². The van der Waals surface area contributed by atoms with Gasteiger partial charge in [0.15, 0.2) is 0 Å². The predicted molar refractivity (Wildman–Crippen MR) is 60.1 cm³/mol. The van der Waals surface area contributed by atoms with Crippen molar-refractivity contribution in [3.05, 3.63) is 23.8 Å². The molecule has 0 bridgehead atoms. The summed E-state index contributed by atoms with van der Waals surface area (Å²) >= 11 is 0. The molecule has 4 nitrogen and oxygen atoms in total. The van der Waals surface area contributed by atoms with Gasteiger partial charge in [-0.3, -0.25) is 0 Å². The SMILES string of the molecule is CCOC(=O)C(F)(F)c1cc(OC)ccc1OC. The third kappa shape index (κ3) is 2.69. The normalized spacial score (nSPS) is 10.9. The number of methoxy groups -OCH3 is 2. The van der Waals surface area contributed by atoms with Crippen LogP contribution in [0.3, 0.4) is 0 Å². The van der Waals surface area contributed by atoms with Crippen LogP contribution in [0, 0.1) is 0 Å². The summed E-state index contributed by atoms with van der Waals surface area (Å²) in [5.74, 6) is -5.30. The van der Waals surface area contributed by atoms with E-state index in [9.17, 15) is 13.6 Å². The third-order valence-corrected chi connectivity index (χ3v) is 2.28. The lowest BCUT2D eigenvalue weighted by molar-refractivity contribution is -0.173. The number of hydrogen-bond acceptors (Lipinski definition) is 4. The van der Waals surface area contributed by atoms with Gasteiger partial charge in [0.1, 0.15) is 11.5 Å². The molecule has 0 aliphatic carbocycles. The summed E-state index contributed by atoms with van der Waals surface area (Å²) in [4.78, 5) is 11.3. The molecule has 100 valence electrons. The van der Waals surface area contributed by atoms with E-state index in [4.69, 9.17) is 9.47 Å². The van der Waals surface area contributed by atoms with Crippen molar-refractivity contribution in [1.82, 2.24) is 0 Å². The van der Waals surface area contributed by atoms with Crippen molar-refractivity contribution in [1.29, 1.82) is 0 Å². The summed E-state index contributed by atoms with van der Waals surface area (Å²) in [5, 5.41) is 0. The second-order valence-corrected chi connectivity index (χ2v) is 3.36. The van der Waals surface area contributed by atoms with Crippen LogP contribution in [0.25, 0.3) is 0 Å². The van der Waals surface area contributed by atoms with E-state index in [-0.39, 0.29) is 18.1 Å². The number of esters is 1. The number of alkyl halides is 2. The average Bonchev–Trinajstić information content (AvgIpc) is 2.38. The Balaban J connectivity index is 3.23. The van der Waals surface area contributed by atoms with Gasteiger partial charge >= 0.3 is 11.9 Å². The van der Waals surface area contributed by atoms with Crippen molar-refractivity contribution in [2.24, 2.45) is 0 Å². The van der Waals surface area contributed by atoms with Gasteiger partial charge < -0.3 is 14.2 Å². The molecule has 1 aromatic carbocycles. The fourth-order valence-corrected chi connectivity index (χ4v) is 1.39. The Morgan fingerprint density at radius 2 is 1.94 bits per heavy atom. The summed E-state index contributed by atoms with van der Waals surface area (Å²) < 4.78 is 41.8. The van der Waals surface area contributed by atoms with Crippen molar-refractivity contribution in [3.63, 3.8) is 0 Å². The number of halogens is 2. The van der Waals surface area contributed by atoms with Gasteiger partial charge in [0.25, 0.3) is 0 Å². The Bertz CT molecular complexity index is 432. The highest BCUT2D eigenvalue weighted by atomic mass is 19.3. The van der Waals surface area contributed by atoms with E-state index in [2.05, 4.69) is 4.74 Å². The lowest BCUT2D eigenvalue weighted by atomic mass is 10.1. The molecule has 0 N–H and O–H groups in total. The molecule has 1 aromatic rings. The van der Waals surface area contributed by atoms with E-state index in [1.54, 1.807) is 0 Å². The summed E-state index contributed by atoms with van der Waals surface area (Å²) in [7, 11) is 2.58. The fourth-order valence-electron chi connectivity index (χ4n) is 1.39. The van der Waals surface area contributed by atoms with Crippen LogP contribution in [0.15, 0.2) is 18.2 Å². The molecule has 0 fully saturated rings. The number of carbonyl (C=O) groups excluding carboxylic acids is 1. The van der Waals surface area contributed by atoms with Crippen molar-refractivity contribution >= 4 is 5.97 Å². The average molecular weight is 260 g/mol. The Morgan fingerprint density at radius 3 is 2.44 bits per heavy atom. The van der Waals surface area contributed by atoms with E-state index >= 15 is 0 Å². The van der Waals surface area contributed by atoms with E-state index in [1.165, 1.54) is 33.3 Å². The van der Waals surface area contributed by atoms with Crippen LogP contribution in [0.4, 0.5) is 8.78 Å². The maximum Gasteiger partial charge on any atom is 0.382 e. The molecule has 0 heterocycles. The highest BCUT2D eigenvalue weighted by molar-refractivity contribution is 5.80. The molecule has 0 aliphatic heterocycles. The first kappa shape index (κ1) is 14.2. The van der Waals surface area contributed by atoms with Crippen molar-refractivity contribution in [2.45, 2.75) is 12.8 Å². The zero-order valence-electron chi connectivity index (χ0n) is 10.3. The highest BCUT2D eigenvalue weighted by Gasteiger charge is 2.45. The Morgan fingerprint density at radius 1 is 1.28 bits per heavy atom. The summed E-state index contributed by atoms with van der Waals surface area (Å²) in [6, 6.07) is 3.82. The van der Waals surface area contributed by atoms with E-state index in [0.717, 1.165) is 6.07 Å². The van der Waals surface area contributed by atoms with Crippen LogP contribution in [-0.2, 0) is 15.5 Å². The minimum Gasteiger partial charge on any atom is -0.497 e. The summed E-state index contributed by atoms with van der Waals surface area (Å²) in [6.07, 6.45) is 0. The van der Waals surface area contributed by atoms with Crippen molar-refractivity contribution < 1.29 is 27.8 Å². The zero-order chi connectivity index (χ0) is 13.8. The molecule has 0 unspecified atom stereocenters. The molecule has 1 rings (SSSR count). The molecule has 0 spiro atoms. The lowest BCUT2D eigenvalue weighted by Crippen LogP contribution is -2.28. The molecular formula is C12H14F2O4. The van der Waals surface area contributed by atoms with Gasteiger partial charge in [-0.1, -0.05) is 0 Å². The van der Waals surface area contributed by atoms with Gasteiger partial charge in [-0.2, -0.15) is 8.78 Å². The smallest absolute Gasteiger partial charge is 0.382 e. The van der Waals surface area contributed by atoms with Crippen molar-refractivity contribution in [2.75, 3.05) is 20.8 Å². The molecule has 0 atom stereocenters. The minimum absolute atomic E-state index is 0.103. The fraction of sp³-hybridized carbons (Fsp3) is 0.417. The number of hydrogen-bond donors (Lipinski definition) is 0. The van der Waals surface area contributed by atoms with Crippen LogP contribution in [0.1, 0.15) is 12.5 Å². The van der Waals surface area contributed by atoms with Gasteiger partial charge in [-0.25, -0.2) is 4.79 Å². The Hall–Kier alpha value is -1.85. The highest BCUT2D eigenvalue weighted by Crippen LogP contribution is 2.38. The van der Waals surface area contributed by atoms with Gasteiger partial charge in [0, 0.05) is 0 Å². The zero-order valence-corrected chi connectivity index (χ0v) is 10.3. The minimum atomic E-state index is -3.78. The first-order valence-corrected chi connectivity index (χ1v) is 5.24. The Labute approximate surface area is 103 Å². The monoisotopic (exact) mass is 260 g/mol. The summed E-state index contributed by atoms with van der Waals surface area (Å²) in [6.45, 7) is 1.33. The topological polar surface area (TPSA) is 44.8 Å². The van der Waals surface area contributed by atoms with Gasteiger partial charge in [0.05, 0.1) is 26.4 Å². The quantitative estimate of drug-likeness (QED) is 0.762. The maximum absolute atomic E-state index is 13.9. The third-order valence-electron chi connectivity index (χ3n) is 2.28.